The molecule has 0 aliphatic heterocycles. The standard InChI is InChI=1S/C12H17F3N2O2S2/c1-8-6-20-10(5-16-9-3-4-9)11(8)21(18,19)17(2)7-12(13,14)15/h6,9,16H,3-5,7H2,1-2H3. The fourth-order valence-electron chi connectivity index (χ4n) is 1.97. The summed E-state index contributed by atoms with van der Waals surface area (Å²) in [6.07, 6.45) is -2.45. The molecule has 21 heavy (non-hydrogen) atoms. The van der Waals surface area contributed by atoms with Crippen LogP contribution in [-0.2, 0) is 16.6 Å². The maximum absolute atomic E-state index is 12.4. The smallest absolute Gasteiger partial charge is 0.309 e. The molecule has 1 aliphatic carbocycles. The average Bonchev–Trinajstić information content (AvgIpc) is 3.07. The molecule has 9 heteroatoms. The third kappa shape index (κ3) is 4.18. The van der Waals surface area contributed by atoms with Crippen LogP contribution in [0.2, 0.25) is 0 Å². The van der Waals surface area contributed by atoms with Crippen LogP contribution in [0, 0.1) is 6.92 Å². The van der Waals surface area contributed by atoms with Crippen molar-refractivity contribution in [3.63, 3.8) is 0 Å². The van der Waals surface area contributed by atoms with Gasteiger partial charge in [0.25, 0.3) is 0 Å². The minimum Gasteiger partial charge on any atom is -0.309 e. The molecular formula is C12H17F3N2O2S2. The van der Waals surface area contributed by atoms with Crippen molar-refractivity contribution in [1.82, 2.24) is 9.62 Å². The zero-order valence-corrected chi connectivity index (χ0v) is 13.3. The Hall–Kier alpha value is -0.640. The normalized spacial score (nSPS) is 16.7. The Morgan fingerprint density at radius 1 is 1.43 bits per heavy atom. The van der Waals surface area contributed by atoms with E-state index in [4.69, 9.17) is 0 Å². The summed E-state index contributed by atoms with van der Waals surface area (Å²) in [6.45, 7) is 0.489. The van der Waals surface area contributed by atoms with Crippen LogP contribution < -0.4 is 5.32 Å². The Morgan fingerprint density at radius 3 is 2.57 bits per heavy atom. The van der Waals surface area contributed by atoms with E-state index in [9.17, 15) is 21.6 Å². The quantitative estimate of drug-likeness (QED) is 0.864. The molecule has 0 bridgehead atoms. The molecule has 0 atom stereocenters. The van der Waals surface area contributed by atoms with Crippen molar-refractivity contribution in [3.05, 3.63) is 15.8 Å². The summed E-state index contributed by atoms with van der Waals surface area (Å²) in [5, 5.41) is 4.86. The van der Waals surface area contributed by atoms with Crippen LogP contribution in [0.3, 0.4) is 0 Å². The Balaban J connectivity index is 2.23. The predicted molar refractivity (Wildman–Crippen MR) is 74.8 cm³/mol. The molecule has 0 aromatic carbocycles. The number of thiophene rings is 1. The molecule has 0 amide bonds. The van der Waals surface area contributed by atoms with E-state index in [0.717, 1.165) is 19.9 Å². The number of nitrogens with one attached hydrogen (secondary N) is 1. The van der Waals surface area contributed by atoms with Gasteiger partial charge in [0.2, 0.25) is 10.0 Å². The van der Waals surface area contributed by atoms with Gasteiger partial charge in [-0.25, -0.2) is 8.42 Å². The molecule has 0 spiro atoms. The summed E-state index contributed by atoms with van der Waals surface area (Å²) < 4.78 is 62.4. The molecule has 1 heterocycles. The topological polar surface area (TPSA) is 49.4 Å². The second kappa shape index (κ2) is 5.86. The lowest BCUT2D eigenvalue weighted by Crippen LogP contribution is -2.36. The van der Waals surface area contributed by atoms with Gasteiger partial charge in [-0.05, 0) is 30.7 Å². The lowest BCUT2D eigenvalue weighted by Gasteiger charge is -2.19. The maximum Gasteiger partial charge on any atom is 0.402 e. The van der Waals surface area contributed by atoms with Crippen molar-refractivity contribution in [3.8, 4) is 0 Å². The zero-order chi connectivity index (χ0) is 15.8. The summed E-state index contributed by atoms with van der Waals surface area (Å²) in [6, 6.07) is 0.399. The van der Waals surface area contributed by atoms with Gasteiger partial charge in [-0.2, -0.15) is 17.5 Å². The fourth-order valence-corrected chi connectivity index (χ4v) is 4.83. The number of aryl methyl sites for hydroxylation is 1. The van der Waals surface area contributed by atoms with Gasteiger partial charge < -0.3 is 5.32 Å². The van der Waals surface area contributed by atoms with Crippen molar-refractivity contribution in [2.24, 2.45) is 0 Å². The molecule has 0 saturated heterocycles. The first-order valence-corrected chi connectivity index (χ1v) is 8.76. The number of sulfonamides is 1. The minimum absolute atomic E-state index is 0.00685. The second-order valence-electron chi connectivity index (χ2n) is 5.20. The Bertz CT molecular complexity index is 607. The molecule has 1 saturated carbocycles. The Labute approximate surface area is 126 Å². The average molecular weight is 342 g/mol. The van der Waals surface area contributed by atoms with Gasteiger partial charge in [-0.15, -0.1) is 11.3 Å². The van der Waals surface area contributed by atoms with Gasteiger partial charge >= 0.3 is 6.18 Å². The first-order valence-electron chi connectivity index (χ1n) is 6.44. The highest BCUT2D eigenvalue weighted by atomic mass is 32.2. The summed E-state index contributed by atoms with van der Waals surface area (Å²) in [7, 11) is -3.18. The molecule has 4 nitrogen and oxygen atoms in total. The summed E-state index contributed by atoms with van der Waals surface area (Å²) >= 11 is 1.26. The monoisotopic (exact) mass is 342 g/mol. The maximum atomic E-state index is 12.4. The number of hydrogen-bond acceptors (Lipinski definition) is 4. The van der Waals surface area contributed by atoms with Crippen LogP contribution in [0.15, 0.2) is 10.3 Å². The Kier molecular flexibility index (Phi) is 4.67. The third-order valence-corrected chi connectivity index (χ3v) is 6.46. The highest BCUT2D eigenvalue weighted by Gasteiger charge is 2.36. The van der Waals surface area contributed by atoms with E-state index < -0.39 is 22.7 Å². The van der Waals surface area contributed by atoms with E-state index in [1.807, 2.05) is 0 Å². The van der Waals surface area contributed by atoms with E-state index in [0.29, 0.717) is 27.3 Å². The van der Waals surface area contributed by atoms with Crippen LogP contribution in [0.5, 0.6) is 0 Å². The lowest BCUT2D eigenvalue weighted by atomic mass is 10.3. The number of nitrogens with zero attached hydrogens (tertiary/aromatic N) is 1. The molecule has 0 radical (unpaired) electrons. The van der Waals surface area contributed by atoms with Gasteiger partial charge in [0, 0.05) is 24.5 Å². The Morgan fingerprint density at radius 2 is 2.05 bits per heavy atom. The molecule has 1 aromatic rings. The molecule has 120 valence electrons. The molecule has 1 aromatic heterocycles. The molecular weight excluding hydrogens is 325 g/mol. The first-order chi connectivity index (χ1) is 9.61. The van der Waals surface area contributed by atoms with Crippen LogP contribution >= 0.6 is 11.3 Å². The predicted octanol–water partition coefficient (Wildman–Crippen LogP) is 2.49. The van der Waals surface area contributed by atoms with Gasteiger partial charge in [0.1, 0.15) is 11.4 Å². The van der Waals surface area contributed by atoms with Crippen LogP contribution in [-0.4, -0.2) is 38.5 Å². The molecule has 0 unspecified atom stereocenters. The second-order valence-corrected chi connectivity index (χ2v) is 8.15. The number of halogens is 3. The molecule has 1 aliphatic rings. The summed E-state index contributed by atoms with van der Waals surface area (Å²) in [5.41, 5.74) is 0.488. The van der Waals surface area contributed by atoms with E-state index >= 15 is 0 Å². The molecule has 1 fully saturated rings. The number of rotatable bonds is 6. The van der Waals surface area contributed by atoms with Crippen LogP contribution in [0.4, 0.5) is 13.2 Å². The van der Waals surface area contributed by atoms with Crippen molar-refractivity contribution >= 4 is 21.4 Å². The molecule has 1 N–H and O–H groups in total. The van der Waals surface area contributed by atoms with Gasteiger partial charge in [-0.1, -0.05) is 0 Å². The van der Waals surface area contributed by atoms with E-state index in [2.05, 4.69) is 5.32 Å². The van der Waals surface area contributed by atoms with Gasteiger partial charge in [-0.3, -0.25) is 0 Å². The van der Waals surface area contributed by atoms with E-state index in [-0.39, 0.29) is 4.90 Å². The SMILES string of the molecule is Cc1csc(CNC2CC2)c1S(=O)(=O)N(C)CC(F)(F)F. The lowest BCUT2D eigenvalue weighted by molar-refractivity contribution is -0.134. The number of alkyl halides is 3. The van der Waals surface area contributed by atoms with Crippen molar-refractivity contribution < 1.29 is 21.6 Å². The van der Waals surface area contributed by atoms with Crippen molar-refractivity contribution in [2.45, 2.75) is 43.4 Å². The first kappa shape index (κ1) is 16.7. The van der Waals surface area contributed by atoms with E-state index in [1.54, 1.807) is 12.3 Å². The van der Waals surface area contributed by atoms with Crippen LogP contribution in [0.25, 0.3) is 0 Å². The van der Waals surface area contributed by atoms with Gasteiger partial charge in [0.05, 0.1) is 0 Å². The summed E-state index contributed by atoms with van der Waals surface area (Å²) in [5.74, 6) is 0. The van der Waals surface area contributed by atoms with Crippen molar-refractivity contribution in [1.29, 1.82) is 0 Å². The highest BCUT2D eigenvalue weighted by molar-refractivity contribution is 7.89. The largest absolute Gasteiger partial charge is 0.402 e. The minimum atomic E-state index is -4.56. The van der Waals surface area contributed by atoms with Gasteiger partial charge in [0.15, 0.2) is 0 Å². The van der Waals surface area contributed by atoms with Crippen LogP contribution in [0.1, 0.15) is 23.3 Å². The summed E-state index contributed by atoms with van der Waals surface area (Å²) in [4.78, 5) is 0.570. The van der Waals surface area contributed by atoms with E-state index in [1.165, 1.54) is 11.3 Å². The zero-order valence-electron chi connectivity index (χ0n) is 11.7. The number of hydrogen-bond donors (Lipinski definition) is 1. The highest BCUT2D eigenvalue weighted by Crippen LogP contribution is 2.31. The molecule has 2 rings (SSSR count). The fraction of sp³-hybridized carbons (Fsp3) is 0.667. The third-order valence-electron chi connectivity index (χ3n) is 3.19. The van der Waals surface area contributed by atoms with Crippen molar-refractivity contribution in [2.75, 3.05) is 13.6 Å².